The van der Waals surface area contributed by atoms with Crippen LogP contribution in [0.4, 0.5) is 4.79 Å². The van der Waals surface area contributed by atoms with Crippen molar-refractivity contribution in [3.05, 3.63) is 0 Å². The molecule has 4 amide bonds. The first-order chi connectivity index (χ1) is 8.84. The molecule has 1 spiro atoms. The van der Waals surface area contributed by atoms with Crippen LogP contribution in [0.1, 0.15) is 12.8 Å². The highest BCUT2D eigenvalue weighted by molar-refractivity contribution is 6.07. The zero-order chi connectivity index (χ0) is 14.2. The molecule has 0 bridgehead atoms. The van der Waals surface area contributed by atoms with Gasteiger partial charge in [0.1, 0.15) is 5.54 Å². The lowest BCUT2D eigenvalue weighted by atomic mass is 9.99. The zero-order valence-electron chi connectivity index (χ0n) is 10.0. The summed E-state index contributed by atoms with van der Waals surface area (Å²) >= 11 is 0. The Morgan fingerprint density at radius 2 is 2.16 bits per heavy atom. The summed E-state index contributed by atoms with van der Waals surface area (Å²) in [7, 11) is 0. The lowest BCUT2D eigenvalue weighted by Gasteiger charge is -2.22. The Balaban J connectivity index is 2.02. The van der Waals surface area contributed by atoms with Crippen molar-refractivity contribution in [1.82, 2.24) is 15.5 Å². The molecule has 2 fully saturated rings. The smallest absolute Gasteiger partial charge is 0.322 e. The van der Waals surface area contributed by atoms with Crippen LogP contribution in [0.15, 0.2) is 0 Å². The first kappa shape index (κ1) is 13.3. The van der Waals surface area contributed by atoms with E-state index in [1.165, 1.54) is 4.90 Å². The average Bonchev–Trinajstić information content (AvgIpc) is 2.83. The van der Waals surface area contributed by atoms with Crippen molar-refractivity contribution >= 4 is 23.8 Å². The summed E-state index contributed by atoms with van der Waals surface area (Å²) in [5.41, 5.74) is 4.39. The molecule has 0 aromatic carbocycles. The third-order valence-corrected chi connectivity index (χ3v) is 3.31. The van der Waals surface area contributed by atoms with Gasteiger partial charge in [-0.1, -0.05) is 0 Å². The molecule has 9 nitrogen and oxygen atoms in total. The lowest BCUT2D eigenvalue weighted by Crippen LogP contribution is -2.51. The van der Waals surface area contributed by atoms with E-state index in [0.29, 0.717) is 0 Å². The second-order valence-electron chi connectivity index (χ2n) is 4.70. The Labute approximate surface area is 108 Å². The normalized spacial score (nSPS) is 27.3. The van der Waals surface area contributed by atoms with Crippen molar-refractivity contribution in [2.45, 2.75) is 24.4 Å². The maximum absolute atomic E-state index is 11.9. The quantitative estimate of drug-likeness (QED) is 0.421. The number of imide groups is 1. The van der Waals surface area contributed by atoms with Crippen molar-refractivity contribution in [3.63, 3.8) is 0 Å². The number of nitrogens with zero attached hydrogens (tertiary/aromatic N) is 1. The van der Waals surface area contributed by atoms with Gasteiger partial charge in [0.15, 0.2) is 0 Å². The van der Waals surface area contributed by atoms with Crippen molar-refractivity contribution in [2.75, 3.05) is 13.1 Å². The van der Waals surface area contributed by atoms with Gasteiger partial charge in [-0.25, -0.2) is 4.79 Å². The topological polar surface area (TPSA) is 142 Å². The minimum absolute atomic E-state index is 0.0106. The van der Waals surface area contributed by atoms with E-state index < -0.39 is 41.8 Å². The van der Waals surface area contributed by atoms with Crippen LogP contribution in [0.5, 0.6) is 0 Å². The van der Waals surface area contributed by atoms with Gasteiger partial charge in [0, 0.05) is 6.54 Å². The molecule has 19 heavy (non-hydrogen) atoms. The number of nitrogens with one attached hydrogen (secondary N) is 2. The van der Waals surface area contributed by atoms with Crippen molar-refractivity contribution < 1.29 is 24.3 Å². The molecule has 2 atom stereocenters. The number of hydrogen-bond donors (Lipinski definition) is 4. The van der Waals surface area contributed by atoms with E-state index in [0.717, 1.165) is 0 Å². The van der Waals surface area contributed by atoms with E-state index in [-0.39, 0.29) is 19.5 Å². The molecule has 2 heterocycles. The molecule has 2 saturated heterocycles. The highest BCUT2D eigenvalue weighted by Gasteiger charge is 2.52. The fourth-order valence-corrected chi connectivity index (χ4v) is 2.32. The number of carbonyl (C=O) groups is 4. The van der Waals surface area contributed by atoms with Gasteiger partial charge >= 0.3 is 12.0 Å². The average molecular weight is 270 g/mol. The van der Waals surface area contributed by atoms with Crippen molar-refractivity contribution in [2.24, 2.45) is 5.73 Å². The number of nitrogens with two attached hydrogens (primary N) is 1. The van der Waals surface area contributed by atoms with E-state index in [2.05, 4.69) is 10.6 Å². The molecule has 0 aliphatic carbocycles. The molecule has 9 heteroatoms. The molecule has 2 unspecified atom stereocenters. The van der Waals surface area contributed by atoms with Gasteiger partial charge in [-0.2, -0.15) is 0 Å². The van der Waals surface area contributed by atoms with Gasteiger partial charge in [-0.05, 0) is 6.42 Å². The number of carbonyl (C=O) groups excluding carboxylic acids is 3. The van der Waals surface area contributed by atoms with Crippen molar-refractivity contribution in [3.8, 4) is 0 Å². The largest absolute Gasteiger partial charge is 0.481 e. The third-order valence-electron chi connectivity index (χ3n) is 3.31. The Morgan fingerprint density at radius 1 is 1.47 bits per heavy atom. The van der Waals surface area contributed by atoms with Crippen LogP contribution in [0.25, 0.3) is 0 Å². The van der Waals surface area contributed by atoms with Crippen LogP contribution < -0.4 is 16.4 Å². The number of urea groups is 1. The van der Waals surface area contributed by atoms with Crippen LogP contribution in [0.3, 0.4) is 0 Å². The predicted octanol–water partition coefficient (Wildman–Crippen LogP) is -2.40. The highest BCUT2D eigenvalue weighted by Crippen LogP contribution is 2.25. The second-order valence-corrected chi connectivity index (χ2v) is 4.70. The first-order valence-electron chi connectivity index (χ1n) is 5.74. The van der Waals surface area contributed by atoms with Gasteiger partial charge in [0.05, 0.1) is 19.0 Å². The maximum Gasteiger partial charge on any atom is 0.322 e. The molecule has 0 radical (unpaired) electrons. The summed E-state index contributed by atoms with van der Waals surface area (Å²) in [6.45, 7) is 0.260. The molecule has 0 aromatic rings. The summed E-state index contributed by atoms with van der Waals surface area (Å²) in [6, 6.07) is -1.73. The Bertz CT molecular complexity index is 465. The van der Waals surface area contributed by atoms with Crippen LogP contribution in [-0.2, 0) is 14.4 Å². The van der Waals surface area contributed by atoms with Gasteiger partial charge in [-0.15, -0.1) is 0 Å². The zero-order valence-corrected chi connectivity index (χ0v) is 10.0. The van der Waals surface area contributed by atoms with Crippen molar-refractivity contribution in [1.29, 1.82) is 0 Å². The minimum Gasteiger partial charge on any atom is -0.481 e. The van der Waals surface area contributed by atoms with Gasteiger partial charge in [-0.3, -0.25) is 19.7 Å². The molecular weight excluding hydrogens is 256 g/mol. The van der Waals surface area contributed by atoms with E-state index in [9.17, 15) is 19.2 Å². The Kier molecular flexibility index (Phi) is 3.14. The molecule has 2 rings (SSSR count). The van der Waals surface area contributed by atoms with E-state index in [1.807, 2.05) is 0 Å². The minimum atomic E-state index is -1.17. The van der Waals surface area contributed by atoms with E-state index >= 15 is 0 Å². The fourth-order valence-electron chi connectivity index (χ4n) is 2.32. The summed E-state index contributed by atoms with van der Waals surface area (Å²) in [5, 5.41) is 13.2. The number of carboxylic acids is 1. The summed E-state index contributed by atoms with van der Waals surface area (Å²) in [4.78, 5) is 46.5. The number of rotatable bonds is 3. The van der Waals surface area contributed by atoms with Crippen LogP contribution in [-0.4, -0.2) is 58.5 Å². The predicted molar refractivity (Wildman–Crippen MR) is 60.8 cm³/mol. The molecule has 0 saturated carbocycles. The summed E-state index contributed by atoms with van der Waals surface area (Å²) in [6.07, 6.45) is -0.184. The lowest BCUT2D eigenvalue weighted by molar-refractivity contribution is -0.141. The monoisotopic (exact) mass is 270 g/mol. The molecule has 2 aliphatic rings. The number of aliphatic carboxylic acids is 1. The molecule has 0 aromatic heterocycles. The number of hydrogen-bond acceptors (Lipinski definition) is 5. The summed E-state index contributed by atoms with van der Waals surface area (Å²) < 4.78 is 0. The number of likely N-dealkylation sites (tertiary alicyclic amines) is 1. The third kappa shape index (κ3) is 2.36. The van der Waals surface area contributed by atoms with Crippen LogP contribution in [0, 0.1) is 0 Å². The SMILES string of the molecule is NC(CC(=O)O)C(=O)N1CCC2(C1)NC(=O)NC2=O. The summed E-state index contributed by atoms with van der Waals surface area (Å²) in [5.74, 6) is -2.17. The molecule has 2 aliphatic heterocycles. The van der Waals surface area contributed by atoms with Gasteiger partial charge in [0.2, 0.25) is 5.91 Å². The molecule has 104 valence electrons. The number of carboxylic acid groups (broad SMARTS) is 1. The second kappa shape index (κ2) is 4.50. The van der Waals surface area contributed by atoms with Gasteiger partial charge < -0.3 is 21.1 Å². The highest BCUT2D eigenvalue weighted by atomic mass is 16.4. The standard InChI is InChI=1S/C10H14N4O5/c11-5(3-6(15)16)7(17)14-2-1-10(4-14)8(18)12-9(19)13-10/h5H,1-4,11H2,(H,15,16)(H2,12,13,18,19). The Hall–Kier alpha value is -2.16. The van der Waals surface area contributed by atoms with Gasteiger partial charge in [0.25, 0.3) is 5.91 Å². The van der Waals surface area contributed by atoms with Crippen LogP contribution in [0.2, 0.25) is 0 Å². The maximum atomic E-state index is 11.9. The van der Waals surface area contributed by atoms with Crippen LogP contribution >= 0.6 is 0 Å². The Morgan fingerprint density at radius 3 is 2.68 bits per heavy atom. The van der Waals surface area contributed by atoms with E-state index in [4.69, 9.17) is 10.8 Å². The molecule has 5 N–H and O–H groups in total. The first-order valence-corrected chi connectivity index (χ1v) is 5.74. The fraction of sp³-hybridized carbons (Fsp3) is 0.600. The van der Waals surface area contributed by atoms with E-state index in [1.54, 1.807) is 0 Å². The number of amides is 4. The molecular formula is C10H14N4O5.